The summed E-state index contributed by atoms with van der Waals surface area (Å²) in [5.74, 6) is 0.365. The highest BCUT2D eigenvalue weighted by molar-refractivity contribution is 5.75. The van der Waals surface area contributed by atoms with Crippen LogP contribution in [0.3, 0.4) is 0 Å². The van der Waals surface area contributed by atoms with Crippen LogP contribution >= 0.6 is 0 Å². The lowest BCUT2D eigenvalue weighted by Gasteiger charge is -2.40. The summed E-state index contributed by atoms with van der Waals surface area (Å²) in [5, 5.41) is 4.15. The van der Waals surface area contributed by atoms with Crippen LogP contribution in [0.4, 0.5) is 18.0 Å². The number of aromatic nitrogens is 2. The zero-order chi connectivity index (χ0) is 24.5. The molecular weight excluding hydrogens is 453 g/mol. The normalized spacial score (nSPS) is 22.2. The van der Waals surface area contributed by atoms with Gasteiger partial charge in [-0.1, -0.05) is 17.3 Å². The zero-order valence-corrected chi connectivity index (χ0v) is 19.5. The molecule has 0 radical (unpaired) electrons. The maximum atomic E-state index is 13.3. The number of halogens is 3. The molecule has 2 amide bonds. The van der Waals surface area contributed by atoms with Crippen molar-refractivity contribution in [3.8, 4) is 0 Å². The van der Waals surface area contributed by atoms with Gasteiger partial charge in [0.15, 0.2) is 5.82 Å². The van der Waals surface area contributed by atoms with Gasteiger partial charge in [0.1, 0.15) is 5.60 Å². The van der Waals surface area contributed by atoms with Gasteiger partial charge < -0.3 is 23.8 Å². The molecule has 3 heterocycles. The molecule has 0 saturated carbocycles. The van der Waals surface area contributed by atoms with Crippen LogP contribution in [0.15, 0.2) is 28.8 Å². The lowest BCUT2D eigenvalue weighted by Crippen LogP contribution is -2.52. The summed E-state index contributed by atoms with van der Waals surface area (Å²) in [5.41, 5.74) is -0.733. The number of alkyl halides is 3. The van der Waals surface area contributed by atoms with Crippen LogP contribution in [0.25, 0.3) is 0 Å². The van der Waals surface area contributed by atoms with Gasteiger partial charge in [-0.15, -0.1) is 0 Å². The second-order valence-corrected chi connectivity index (χ2v) is 9.21. The van der Waals surface area contributed by atoms with Crippen LogP contribution in [0, 0.1) is 0 Å². The molecule has 2 saturated heterocycles. The smallest absolute Gasteiger partial charge is 0.378 e. The first-order valence-electron chi connectivity index (χ1n) is 11.3. The van der Waals surface area contributed by atoms with E-state index < -0.39 is 17.3 Å². The quantitative estimate of drug-likeness (QED) is 0.656. The molecule has 11 heteroatoms. The lowest BCUT2D eigenvalue weighted by atomic mass is 9.84. The third kappa shape index (κ3) is 5.20. The number of methoxy groups -OCH3 is 1. The van der Waals surface area contributed by atoms with Gasteiger partial charge in [-0.05, 0) is 38.0 Å². The van der Waals surface area contributed by atoms with Crippen molar-refractivity contribution in [3.63, 3.8) is 0 Å². The summed E-state index contributed by atoms with van der Waals surface area (Å²) in [6.07, 6.45) is -3.83. The molecular formula is C23H29F3N4O4. The average Bonchev–Trinajstić information content (AvgIpc) is 3.35. The Labute approximate surface area is 196 Å². The predicted octanol–water partition coefficient (Wildman–Crippen LogP) is 4.00. The molecule has 2 aromatic rings. The number of likely N-dealkylation sites (tertiary alicyclic amines) is 1. The van der Waals surface area contributed by atoms with Crippen LogP contribution in [0.5, 0.6) is 0 Å². The van der Waals surface area contributed by atoms with E-state index in [2.05, 4.69) is 10.1 Å². The minimum absolute atomic E-state index is 0.120. The highest BCUT2D eigenvalue weighted by Gasteiger charge is 2.38. The predicted molar refractivity (Wildman–Crippen MR) is 115 cm³/mol. The van der Waals surface area contributed by atoms with Crippen LogP contribution in [-0.2, 0) is 21.3 Å². The highest BCUT2D eigenvalue weighted by Crippen LogP contribution is 2.37. The van der Waals surface area contributed by atoms with Crippen molar-refractivity contribution >= 4 is 6.03 Å². The summed E-state index contributed by atoms with van der Waals surface area (Å²) < 4.78 is 55.3. The van der Waals surface area contributed by atoms with Crippen molar-refractivity contribution in [2.45, 2.75) is 43.9 Å². The third-order valence-electron chi connectivity index (χ3n) is 6.54. The molecule has 2 unspecified atom stereocenters. The molecule has 0 bridgehead atoms. The van der Waals surface area contributed by atoms with Gasteiger partial charge in [-0.3, -0.25) is 0 Å². The van der Waals surface area contributed by atoms with E-state index in [1.807, 2.05) is 13.8 Å². The number of nitrogens with zero attached hydrogens (tertiary/aromatic N) is 4. The number of morpholine rings is 1. The van der Waals surface area contributed by atoms with Crippen molar-refractivity contribution in [1.29, 1.82) is 0 Å². The van der Waals surface area contributed by atoms with E-state index in [1.165, 1.54) is 12.1 Å². The molecule has 8 nitrogen and oxygen atoms in total. The zero-order valence-electron chi connectivity index (χ0n) is 19.5. The molecule has 186 valence electrons. The minimum Gasteiger partial charge on any atom is -0.378 e. The number of hydrogen-bond donors (Lipinski definition) is 0. The molecule has 0 N–H and O–H groups in total. The van der Waals surface area contributed by atoms with Crippen molar-refractivity contribution in [1.82, 2.24) is 19.9 Å². The van der Waals surface area contributed by atoms with Gasteiger partial charge >= 0.3 is 12.2 Å². The number of piperidine rings is 1. The van der Waals surface area contributed by atoms with Gasteiger partial charge in [0.05, 0.1) is 18.8 Å². The SMILES string of the molecule is COC(C)(C)c1nc(C2CC(c3ccc(C(F)(F)F)cc3)CN(C(=O)N3CCOCC3)C2)no1. The largest absolute Gasteiger partial charge is 0.416 e. The highest BCUT2D eigenvalue weighted by atomic mass is 19.4. The van der Waals surface area contributed by atoms with E-state index in [4.69, 9.17) is 14.0 Å². The second-order valence-electron chi connectivity index (χ2n) is 9.21. The average molecular weight is 483 g/mol. The Balaban J connectivity index is 1.60. The molecule has 0 spiro atoms. The first-order valence-corrected chi connectivity index (χ1v) is 11.3. The van der Waals surface area contributed by atoms with Gasteiger partial charge in [0.2, 0.25) is 0 Å². The van der Waals surface area contributed by atoms with Crippen LogP contribution in [0.2, 0.25) is 0 Å². The van der Waals surface area contributed by atoms with Crippen LogP contribution in [-0.4, -0.2) is 72.5 Å². The van der Waals surface area contributed by atoms with E-state index in [9.17, 15) is 18.0 Å². The lowest BCUT2D eigenvalue weighted by molar-refractivity contribution is -0.137. The van der Waals surface area contributed by atoms with E-state index in [0.29, 0.717) is 57.5 Å². The summed E-state index contributed by atoms with van der Waals surface area (Å²) in [6.45, 7) is 6.36. The van der Waals surface area contributed by atoms with Gasteiger partial charge in [-0.2, -0.15) is 18.2 Å². The number of amides is 2. The van der Waals surface area contributed by atoms with Crippen molar-refractivity contribution < 1.29 is 32.0 Å². The maximum absolute atomic E-state index is 13.3. The second kappa shape index (κ2) is 9.53. The maximum Gasteiger partial charge on any atom is 0.416 e. The summed E-state index contributed by atoms with van der Waals surface area (Å²) in [7, 11) is 1.55. The Hall–Kier alpha value is -2.66. The molecule has 2 atom stereocenters. The molecule has 2 aliphatic heterocycles. The number of carbonyl (C=O) groups excluding carboxylic acids is 1. The minimum atomic E-state index is -4.40. The Bertz CT molecular complexity index is 987. The summed E-state index contributed by atoms with van der Waals surface area (Å²) in [6, 6.07) is 5.03. The fourth-order valence-electron chi connectivity index (χ4n) is 4.32. The van der Waals surface area contributed by atoms with E-state index >= 15 is 0 Å². The number of benzene rings is 1. The van der Waals surface area contributed by atoms with Crippen LogP contribution < -0.4 is 0 Å². The first-order chi connectivity index (χ1) is 16.1. The first kappa shape index (κ1) is 24.5. The molecule has 2 fully saturated rings. The number of hydrogen-bond acceptors (Lipinski definition) is 6. The summed E-state index contributed by atoms with van der Waals surface area (Å²) >= 11 is 0. The van der Waals surface area contributed by atoms with Gasteiger partial charge in [-0.25, -0.2) is 4.79 Å². The monoisotopic (exact) mass is 482 g/mol. The van der Waals surface area contributed by atoms with Crippen molar-refractivity contribution in [2.24, 2.45) is 0 Å². The molecule has 34 heavy (non-hydrogen) atoms. The van der Waals surface area contributed by atoms with Gasteiger partial charge in [0.25, 0.3) is 5.89 Å². The third-order valence-corrected chi connectivity index (χ3v) is 6.54. The van der Waals surface area contributed by atoms with Crippen molar-refractivity contribution in [2.75, 3.05) is 46.5 Å². The Morgan fingerprint density at radius 2 is 1.71 bits per heavy atom. The Morgan fingerprint density at radius 3 is 2.32 bits per heavy atom. The number of urea groups is 1. The Kier molecular flexibility index (Phi) is 6.86. The fourth-order valence-corrected chi connectivity index (χ4v) is 4.32. The van der Waals surface area contributed by atoms with E-state index in [-0.39, 0.29) is 17.9 Å². The Morgan fingerprint density at radius 1 is 1.06 bits per heavy atom. The molecule has 1 aromatic carbocycles. The molecule has 4 rings (SSSR count). The molecule has 0 aliphatic carbocycles. The number of carbonyl (C=O) groups is 1. The van der Waals surface area contributed by atoms with Crippen LogP contribution in [0.1, 0.15) is 54.9 Å². The topological polar surface area (TPSA) is 80.9 Å². The van der Waals surface area contributed by atoms with E-state index in [1.54, 1.807) is 16.9 Å². The number of rotatable bonds is 4. The fraction of sp³-hybridized carbons (Fsp3) is 0.609. The molecule has 2 aliphatic rings. The molecule has 1 aromatic heterocycles. The number of ether oxygens (including phenoxy) is 2. The van der Waals surface area contributed by atoms with Gasteiger partial charge in [0, 0.05) is 45.1 Å². The standard InChI is InChI=1S/C23H29F3N4O4/c1-22(2,32-3)20-27-19(28-34-20)17-12-16(15-4-6-18(7-5-15)23(24,25)26)13-30(14-17)21(31)29-8-10-33-11-9-29/h4-7,16-17H,8-14H2,1-3H3. The van der Waals surface area contributed by atoms with Crippen molar-refractivity contribution in [3.05, 3.63) is 47.1 Å². The summed E-state index contributed by atoms with van der Waals surface area (Å²) in [4.78, 5) is 21.3. The van der Waals surface area contributed by atoms with E-state index in [0.717, 1.165) is 17.7 Å².